The number of ketones is 1. The van der Waals surface area contributed by atoms with E-state index in [4.69, 9.17) is 9.47 Å². The molecule has 1 fully saturated rings. The lowest BCUT2D eigenvalue weighted by molar-refractivity contribution is -0.125. The average molecular weight is 349 g/mol. The number of benzene rings is 1. The number of nitrogens with zero attached hydrogens (tertiary/aromatic N) is 1. The number of carbonyl (C=O) groups excluding carboxylic acids is 2. The number of rotatable bonds is 6. The SMILES string of the molecule is COc1ccc(OCCN2C(=O)CS/C2=C\C(=O)C(C)(C)C)cc1. The predicted molar refractivity (Wildman–Crippen MR) is 95.2 cm³/mol. The first-order chi connectivity index (χ1) is 11.3. The number of hydrogen-bond donors (Lipinski definition) is 0. The molecule has 0 radical (unpaired) electrons. The summed E-state index contributed by atoms with van der Waals surface area (Å²) in [5, 5.41) is 0.707. The highest BCUT2D eigenvalue weighted by molar-refractivity contribution is 8.04. The van der Waals surface area contributed by atoms with Crippen LogP contribution in [0, 0.1) is 5.41 Å². The summed E-state index contributed by atoms with van der Waals surface area (Å²) in [6, 6.07) is 7.28. The van der Waals surface area contributed by atoms with E-state index in [0.717, 1.165) is 5.75 Å². The van der Waals surface area contributed by atoms with Gasteiger partial charge in [-0.15, -0.1) is 0 Å². The second-order valence-corrected chi connectivity index (χ2v) is 7.45. The van der Waals surface area contributed by atoms with Crippen molar-refractivity contribution in [3.63, 3.8) is 0 Å². The third kappa shape index (κ3) is 4.77. The summed E-state index contributed by atoms with van der Waals surface area (Å²) in [5.41, 5.74) is -0.454. The second-order valence-electron chi connectivity index (χ2n) is 6.45. The fourth-order valence-corrected chi connectivity index (χ4v) is 2.99. The van der Waals surface area contributed by atoms with Crippen LogP contribution in [0.25, 0.3) is 0 Å². The molecule has 1 aromatic carbocycles. The van der Waals surface area contributed by atoms with Gasteiger partial charge in [0.25, 0.3) is 0 Å². The monoisotopic (exact) mass is 349 g/mol. The van der Waals surface area contributed by atoms with Crippen molar-refractivity contribution >= 4 is 23.5 Å². The Hall–Kier alpha value is -1.95. The fourth-order valence-electron chi connectivity index (χ4n) is 2.02. The quantitative estimate of drug-likeness (QED) is 0.739. The van der Waals surface area contributed by atoms with Crippen LogP contribution < -0.4 is 9.47 Å². The lowest BCUT2D eigenvalue weighted by Crippen LogP contribution is -2.30. The van der Waals surface area contributed by atoms with Crippen LogP contribution in [0.15, 0.2) is 35.4 Å². The van der Waals surface area contributed by atoms with Gasteiger partial charge in [0.15, 0.2) is 5.78 Å². The van der Waals surface area contributed by atoms with Crippen molar-refractivity contribution in [2.75, 3.05) is 26.0 Å². The highest BCUT2D eigenvalue weighted by Gasteiger charge is 2.29. The minimum absolute atomic E-state index is 0.00582. The van der Waals surface area contributed by atoms with E-state index >= 15 is 0 Å². The van der Waals surface area contributed by atoms with Gasteiger partial charge >= 0.3 is 0 Å². The average Bonchev–Trinajstić information content (AvgIpc) is 2.88. The lowest BCUT2D eigenvalue weighted by atomic mass is 9.91. The van der Waals surface area contributed by atoms with Gasteiger partial charge in [-0.3, -0.25) is 9.59 Å². The Morgan fingerprint density at radius 1 is 1.25 bits per heavy atom. The van der Waals surface area contributed by atoms with Crippen LogP contribution in [0.5, 0.6) is 11.5 Å². The summed E-state index contributed by atoms with van der Waals surface area (Å²) in [6.07, 6.45) is 1.57. The van der Waals surface area contributed by atoms with E-state index < -0.39 is 5.41 Å². The number of allylic oxidation sites excluding steroid dienone is 1. The zero-order chi connectivity index (χ0) is 17.7. The molecule has 1 amide bonds. The van der Waals surface area contributed by atoms with E-state index in [9.17, 15) is 9.59 Å². The fraction of sp³-hybridized carbons (Fsp3) is 0.444. The lowest BCUT2D eigenvalue weighted by Gasteiger charge is -2.19. The molecular formula is C18H23NO4S. The molecule has 2 rings (SSSR count). The summed E-state index contributed by atoms with van der Waals surface area (Å²) in [5.74, 6) is 1.86. The Bertz CT molecular complexity index is 631. The molecule has 0 aromatic heterocycles. The maximum absolute atomic E-state index is 12.2. The third-order valence-electron chi connectivity index (χ3n) is 3.55. The number of carbonyl (C=O) groups is 2. The zero-order valence-electron chi connectivity index (χ0n) is 14.5. The first kappa shape index (κ1) is 18.4. The van der Waals surface area contributed by atoms with Crippen molar-refractivity contribution in [3.8, 4) is 11.5 Å². The summed E-state index contributed by atoms with van der Waals surface area (Å²) in [7, 11) is 1.61. The molecule has 0 saturated carbocycles. The van der Waals surface area contributed by atoms with Crippen molar-refractivity contribution in [3.05, 3.63) is 35.4 Å². The molecule has 0 atom stereocenters. The van der Waals surface area contributed by atoms with Crippen LogP contribution >= 0.6 is 11.8 Å². The molecule has 1 aliphatic rings. The van der Waals surface area contributed by atoms with Gasteiger partial charge < -0.3 is 14.4 Å². The molecule has 6 heteroatoms. The Balaban J connectivity index is 1.95. The van der Waals surface area contributed by atoms with Gasteiger partial charge in [-0.1, -0.05) is 32.5 Å². The minimum atomic E-state index is -0.454. The molecular weight excluding hydrogens is 326 g/mol. The smallest absolute Gasteiger partial charge is 0.237 e. The molecule has 0 spiro atoms. The zero-order valence-corrected chi connectivity index (χ0v) is 15.3. The molecule has 5 nitrogen and oxygen atoms in total. The van der Waals surface area contributed by atoms with Crippen LogP contribution in [0.3, 0.4) is 0 Å². The Labute approximate surface area is 147 Å². The van der Waals surface area contributed by atoms with Crippen molar-refractivity contribution < 1.29 is 19.1 Å². The van der Waals surface area contributed by atoms with Crippen molar-refractivity contribution in [1.29, 1.82) is 0 Å². The molecule has 1 heterocycles. The molecule has 24 heavy (non-hydrogen) atoms. The van der Waals surface area contributed by atoms with Gasteiger partial charge in [-0.05, 0) is 24.3 Å². The van der Waals surface area contributed by atoms with Crippen molar-refractivity contribution in [1.82, 2.24) is 4.90 Å². The Kier molecular flexibility index (Phi) is 5.94. The van der Waals surface area contributed by atoms with E-state index in [0.29, 0.717) is 29.7 Å². The second kappa shape index (κ2) is 7.75. The number of hydrogen-bond acceptors (Lipinski definition) is 5. The topological polar surface area (TPSA) is 55.8 Å². The predicted octanol–water partition coefficient (Wildman–Crippen LogP) is 3.11. The maximum Gasteiger partial charge on any atom is 0.237 e. The summed E-state index contributed by atoms with van der Waals surface area (Å²) in [6.45, 7) is 6.38. The molecule has 0 bridgehead atoms. The van der Waals surface area contributed by atoms with Crippen LogP contribution in [-0.2, 0) is 9.59 Å². The van der Waals surface area contributed by atoms with Crippen molar-refractivity contribution in [2.45, 2.75) is 20.8 Å². The minimum Gasteiger partial charge on any atom is -0.497 e. The largest absolute Gasteiger partial charge is 0.497 e. The van der Waals surface area contributed by atoms with E-state index in [1.54, 1.807) is 18.1 Å². The van der Waals surface area contributed by atoms with E-state index in [-0.39, 0.29) is 11.7 Å². The third-order valence-corrected chi connectivity index (χ3v) is 4.57. The number of amides is 1. The Morgan fingerprint density at radius 2 is 1.88 bits per heavy atom. The number of ether oxygens (including phenoxy) is 2. The van der Waals surface area contributed by atoms with E-state index in [1.165, 1.54) is 11.8 Å². The van der Waals surface area contributed by atoms with E-state index in [1.807, 2.05) is 45.0 Å². The van der Waals surface area contributed by atoms with Crippen LogP contribution in [-0.4, -0.2) is 42.6 Å². The molecule has 130 valence electrons. The number of thioether (sulfide) groups is 1. The maximum atomic E-state index is 12.2. The van der Waals surface area contributed by atoms with Crippen LogP contribution in [0.4, 0.5) is 0 Å². The summed E-state index contributed by atoms with van der Waals surface area (Å²) < 4.78 is 10.8. The van der Waals surface area contributed by atoms with Crippen LogP contribution in [0.2, 0.25) is 0 Å². The Morgan fingerprint density at radius 3 is 2.46 bits per heavy atom. The van der Waals surface area contributed by atoms with Gasteiger partial charge in [0.2, 0.25) is 5.91 Å². The van der Waals surface area contributed by atoms with Gasteiger partial charge in [0.1, 0.15) is 18.1 Å². The normalized spacial score (nSPS) is 16.6. The molecule has 0 unspecified atom stereocenters. The highest BCUT2D eigenvalue weighted by atomic mass is 32.2. The summed E-state index contributed by atoms with van der Waals surface area (Å²) >= 11 is 1.40. The molecule has 1 aliphatic heterocycles. The first-order valence-corrected chi connectivity index (χ1v) is 8.76. The van der Waals surface area contributed by atoms with Crippen molar-refractivity contribution in [2.24, 2.45) is 5.41 Å². The van der Waals surface area contributed by atoms with E-state index in [2.05, 4.69) is 0 Å². The first-order valence-electron chi connectivity index (χ1n) is 7.77. The van der Waals surface area contributed by atoms with Gasteiger partial charge in [-0.2, -0.15) is 0 Å². The number of methoxy groups -OCH3 is 1. The van der Waals surface area contributed by atoms with Gasteiger partial charge in [0.05, 0.1) is 24.4 Å². The molecule has 1 saturated heterocycles. The standard InChI is InChI=1S/C18H23NO4S/c1-18(2,3)15(20)11-17-19(16(21)12-24-17)9-10-23-14-7-5-13(22-4)6-8-14/h5-8,11H,9-10,12H2,1-4H3/b17-11-. The molecule has 1 aromatic rings. The highest BCUT2D eigenvalue weighted by Crippen LogP contribution is 2.30. The van der Waals surface area contributed by atoms with Gasteiger partial charge in [-0.25, -0.2) is 0 Å². The van der Waals surface area contributed by atoms with Gasteiger partial charge in [0, 0.05) is 11.5 Å². The summed E-state index contributed by atoms with van der Waals surface area (Å²) in [4.78, 5) is 25.8. The molecule has 0 N–H and O–H groups in total. The molecule has 0 aliphatic carbocycles. The van der Waals surface area contributed by atoms with Crippen LogP contribution in [0.1, 0.15) is 20.8 Å².